The molecule has 1 aromatic carbocycles. The molecule has 0 bridgehead atoms. The van der Waals surface area contributed by atoms with E-state index in [1.807, 2.05) is 0 Å². The van der Waals surface area contributed by atoms with Crippen molar-refractivity contribution in [1.82, 2.24) is 0 Å². The van der Waals surface area contributed by atoms with Crippen molar-refractivity contribution >= 4 is 17.6 Å². The third-order valence-electron chi connectivity index (χ3n) is 2.46. The molecule has 0 spiro atoms. The standard InChI is InChI=1S/C12H13ClF2O2/c13-4-2-1-3-11(12(16)17)8-5-9(14)7-10(15)6-8/h5-7,11H,1-4H2,(H,16,17). The van der Waals surface area contributed by atoms with Gasteiger partial charge in [-0.15, -0.1) is 11.6 Å². The van der Waals surface area contributed by atoms with Crippen LogP contribution in [-0.4, -0.2) is 17.0 Å². The number of rotatable bonds is 6. The maximum Gasteiger partial charge on any atom is 0.310 e. The summed E-state index contributed by atoms with van der Waals surface area (Å²) in [6.07, 6.45) is 1.62. The van der Waals surface area contributed by atoms with E-state index in [1.54, 1.807) is 0 Å². The minimum absolute atomic E-state index is 0.157. The number of unbranched alkanes of at least 4 members (excludes halogenated alkanes) is 1. The molecule has 1 N–H and O–H groups in total. The predicted molar refractivity (Wildman–Crippen MR) is 61.3 cm³/mol. The molecule has 2 nitrogen and oxygen atoms in total. The highest BCUT2D eigenvalue weighted by Gasteiger charge is 2.20. The largest absolute Gasteiger partial charge is 0.481 e. The average molecular weight is 263 g/mol. The summed E-state index contributed by atoms with van der Waals surface area (Å²) in [6, 6.07) is 2.84. The van der Waals surface area contributed by atoms with Gasteiger partial charge in [0.1, 0.15) is 11.6 Å². The molecule has 94 valence electrons. The number of aliphatic carboxylic acids is 1. The molecule has 0 aromatic heterocycles. The Balaban J connectivity index is 2.85. The van der Waals surface area contributed by atoms with Gasteiger partial charge < -0.3 is 5.11 Å². The molecule has 1 unspecified atom stereocenters. The van der Waals surface area contributed by atoms with Crippen LogP contribution in [0, 0.1) is 11.6 Å². The van der Waals surface area contributed by atoms with Crippen molar-refractivity contribution in [2.24, 2.45) is 0 Å². The summed E-state index contributed by atoms with van der Waals surface area (Å²) in [5.74, 6) is -3.04. The Kier molecular flexibility index (Phi) is 5.35. The first-order chi connectivity index (χ1) is 8.04. The van der Waals surface area contributed by atoms with Crippen LogP contribution in [0.3, 0.4) is 0 Å². The summed E-state index contributed by atoms with van der Waals surface area (Å²) in [5.41, 5.74) is 0.157. The average Bonchev–Trinajstić information content (AvgIpc) is 2.22. The van der Waals surface area contributed by atoms with E-state index >= 15 is 0 Å². The zero-order valence-corrected chi connectivity index (χ0v) is 9.88. The SMILES string of the molecule is O=C(O)C(CCCCCl)c1cc(F)cc(F)c1. The summed E-state index contributed by atoms with van der Waals surface area (Å²) in [4.78, 5) is 11.0. The predicted octanol–water partition coefficient (Wildman–Crippen LogP) is 3.54. The van der Waals surface area contributed by atoms with Crippen molar-refractivity contribution in [1.29, 1.82) is 0 Å². The summed E-state index contributed by atoms with van der Waals surface area (Å²) < 4.78 is 26.0. The highest BCUT2D eigenvalue weighted by Crippen LogP contribution is 2.24. The fourth-order valence-electron chi connectivity index (χ4n) is 1.65. The molecule has 0 aliphatic carbocycles. The van der Waals surface area contributed by atoms with Crippen molar-refractivity contribution in [3.05, 3.63) is 35.4 Å². The number of hydrogen-bond donors (Lipinski definition) is 1. The monoisotopic (exact) mass is 262 g/mol. The van der Waals surface area contributed by atoms with E-state index in [0.29, 0.717) is 25.1 Å². The van der Waals surface area contributed by atoms with Crippen molar-refractivity contribution in [2.75, 3.05) is 5.88 Å². The lowest BCUT2D eigenvalue weighted by Gasteiger charge is -2.12. The Morgan fingerprint density at radius 3 is 2.29 bits per heavy atom. The minimum Gasteiger partial charge on any atom is -0.481 e. The number of alkyl halides is 1. The van der Waals surface area contributed by atoms with Crippen molar-refractivity contribution in [3.8, 4) is 0 Å². The molecule has 0 aliphatic rings. The Bertz CT molecular complexity index is 376. The van der Waals surface area contributed by atoms with Crippen molar-refractivity contribution in [3.63, 3.8) is 0 Å². The second-order valence-corrected chi connectivity index (χ2v) is 4.16. The first kappa shape index (κ1) is 13.9. The van der Waals surface area contributed by atoms with E-state index in [-0.39, 0.29) is 5.56 Å². The smallest absolute Gasteiger partial charge is 0.310 e. The highest BCUT2D eigenvalue weighted by atomic mass is 35.5. The summed E-state index contributed by atoms with van der Waals surface area (Å²) in [5, 5.41) is 9.03. The van der Waals surface area contributed by atoms with Gasteiger partial charge >= 0.3 is 5.97 Å². The van der Waals surface area contributed by atoms with Crippen LogP contribution in [0.1, 0.15) is 30.7 Å². The van der Waals surface area contributed by atoms with E-state index in [4.69, 9.17) is 16.7 Å². The van der Waals surface area contributed by atoms with Crippen LogP contribution in [0.4, 0.5) is 8.78 Å². The van der Waals surface area contributed by atoms with Gasteiger partial charge in [0.25, 0.3) is 0 Å². The molecule has 1 rings (SSSR count). The quantitative estimate of drug-likeness (QED) is 0.629. The summed E-state index contributed by atoms with van der Waals surface area (Å²) in [6.45, 7) is 0. The van der Waals surface area contributed by atoms with Crippen LogP contribution in [0.15, 0.2) is 18.2 Å². The van der Waals surface area contributed by atoms with Gasteiger partial charge in [0.2, 0.25) is 0 Å². The topological polar surface area (TPSA) is 37.3 Å². The second-order valence-electron chi connectivity index (χ2n) is 3.78. The molecule has 0 saturated heterocycles. The number of halogens is 3. The van der Waals surface area contributed by atoms with Gasteiger partial charge in [-0.1, -0.05) is 6.42 Å². The third kappa shape index (κ3) is 4.30. The van der Waals surface area contributed by atoms with Crippen LogP contribution < -0.4 is 0 Å². The maximum absolute atomic E-state index is 13.0. The lowest BCUT2D eigenvalue weighted by Crippen LogP contribution is -2.12. The zero-order chi connectivity index (χ0) is 12.8. The molecule has 0 aliphatic heterocycles. The third-order valence-corrected chi connectivity index (χ3v) is 2.73. The fraction of sp³-hybridized carbons (Fsp3) is 0.417. The lowest BCUT2D eigenvalue weighted by atomic mass is 9.93. The molecule has 5 heteroatoms. The van der Waals surface area contributed by atoms with E-state index < -0.39 is 23.5 Å². The zero-order valence-electron chi connectivity index (χ0n) is 9.13. The lowest BCUT2D eigenvalue weighted by molar-refractivity contribution is -0.139. The minimum atomic E-state index is -1.08. The van der Waals surface area contributed by atoms with E-state index in [2.05, 4.69) is 0 Å². The number of carbonyl (C=O) groups is 1. The molecule has 17 heavy (non-hydrogen) atoms. The fourth-order valence-corrected chi connectivity index (χ4v) is 1.84. The van der Waals surface area contributed by atoms with E-state index in [0.717, 1.165) is 18.2 Å². The highest BCUT2D eigenvalue weighted by molar-refractivity contribution is 6.17. The van der Waals surface area contributed by atoms with Crippen LogP contribution in [-0.2, 0) is 4.79 Å². The molecular formula is C12H13ClF2O2. The van der Waals surface area contributed by atoms with Crippen molar-refractivity contribution < 1.29 is 18.7 Å². The molecule has 0 heterocycles. The van der Waals surface area contributed by atoms with Crippen molar-refractivity contribution in [2.45, 2.75) is 25.2 Å². The normalized spacial score (nSPS) is 12.4. The first-order valence-corrected chi connectivity index (χ1v) is 5.83. The van der Waals surface area contributed by atoms with Gasteiger partial charge in [-0.25, -0.2) is 8.78 Å². The molecule has 0 saturated carbocycles. The van der Waals surface area contributed by atoms with Gasteiger partial charge in [-0.2, -0.15) is 0 Å². The summed E-state index contributed by atoms with van der Waals surface area (Å²) in [7, 11) is 0. The summed E-state index contributed by atoms with van der Waals surface area (Å²) >= 11 is 5.49. The van der Waals surface area contributed by atoms with Crippen LogP contribution in [0.25, 0.3) is 0 Å². The Morgan fingerprint density at radius 1 is 1.24 bits per heavy atom. The Hall–Kier alpha value is -1.16. The number of benzene rings is 1. The molecule has 1 aromatic rings. The number of carboxylic acids is 1. The Labute approximate surface area is 103 Å². The molecular weight excluding hydrogens is 250 g/mol. The van der Waals surface area contributed by atoms with Crippen LogP contribution in [0.2, 0.25) is 0 Å². The van der Waals surface area contributed by atoms with E-state index in [1.165, 1.54) is 0 Å². The van der Waals surface area contributed by atoms with Gasteiger partial charge in [0.05, 0.1) is 5.92 Å². The first-order valence-electron chi connectivity index (χ1n) is 5.29. The molecule has 0 amide bonds. The number of carboxylic acid groups (broad SMARTS) is 1. The molecule has 0 radical (unpaired) electrons. The van der Waals surface area contributed by atoms with Crippen LogP contribution >= 0.6 is 11.6 Å². The van der Waals surface area contributed by atoms with E-state index in [9.17, 15) is 13.6 Å². The Morgan fingerprint density at radius 2 is 1.82 bits per heavy atom. The van der Waals surface area contributed by atoms with Crippen LogP contribution in [0.5, 0.6) is 0 Å². The molecule has 1 atom stereocenters. The second kappa shape index (κ2) is 6.55. The molecule has 0 fully saturated rings. The van der Waals surface area contributed by atoms with Gasteiger partial charge in [0.15, 0.2) is 0 Å². The van der Waals surface area contributed by atoms with Gasteiger partial charge in [-0.3, -0.25) is 4.79 Å². The number of hydrogen-bond acceptors (Lipinski definition) is 1. The maximum atomic E-state index is 13.0. The van der Waals surface area contributed by atoms with Gasteiger partial charge in [0, 0.05) is 11.9 Å². The van der Waals surface area contributed by atoms with Gasteiger partial charge in [-0.05, 0) is 30.5 Å².